The van der Waals surface area contributed by atoms with E-state index in [1.807, 2.05) is 11.4 Å². The summed E-state index contributed by atoms with van der Waals surface area (Å²) < 4.78 is 5.24. The van der Waals surface area contributed by atoms with Gasteiger partial charge in [-0.25, -0.2) is 0 Å². The van der Waals surface area contributed by atoms with Crippen molar-refractivity contribution in [1.82, 2.24) is 0 Å². The Hall–Kier alpha value is -1.72. The van der Waals surface area contributed by atoms with Crippen LogP contribution >= 0.6 is 22.9 Å². The number of carbonyl (C=O) groups is 1. The van der Waals surface area contributed by atoms with E-state index in [0.717, 1.165) is 15.6 Å². The Kier molecular flexibility index (Phi) is 4.29. The molecule has 0 aliphatic rings. The van der Waals surface area contributed by atoms with Crippen molar-refractivity contribution < 1.29 is 9.53 Å². The van der Waals surface area contributed by atoms with Gasteiger partial charge in [-0.3, -0.25) is 4.79 Å². The topological polar surface area (TPSA) is 64.3 Å². The normalized spacial score (nSPS) is 10.2. The highest BCUT2D eigenvalue weighted by Crippen LogP contribution is 2.27. The molecule has 3 N–H and O–H groups in total. The molecule has 4 nitrogen and oxygen atoms in total. The molecule has 0 saturated carbocycles. The molecule has 2 rings (SSSR count). The standard InChI is InChI=1S/C13H13ClN2O2S/c1-18-12-3-2-8(13(15)17)4-11(12)16-6-10-5-9(14)7-19-10/h2-5,7,16H,6H2,1H3,(H2,15,17). The molecule has 1 heterocycles. The molecule has 0 spiro atoms. The van der Waals surface area contributed by atoms with Gasteiger partial charge in [-0.15, -0.1) is 11.3 Å². The number of benzene rings is 1. The molecular weight excluding hydrogens is 284 g/mol. The number of thiophene rings is 1. The van der Waals surface area contributed by atoms with Crippen LogP contribution in [0.15, 0.2) is 29.6 Å². The molecule has 0 aliphatic heterocycles. The number of amides is 1. The highest BCUT2D eigenvalue weighted by Gasteiger charge is 2.08. The highest BCUT2D eigenvalue weighted by molar-refractivity contribution is 7.10. The predicted octanol–water partition coefficient (Wildman–Crippen LogP) is 3.12. The molecule has 19 heavy (non-hydrogen) atoms. The van der Waals surface area contributed by atoms with Crippen LogP contribution in [0.1, 0.15) is 15.2 Å². The molecule has 1 amide bonds. The maximum atomic E-state index is 11.2. The van der Waals surface area contributed by atoms with E-state index < -0.39 is 5.91 Å². The molecule has 100 valence electrons. The number of ether oxygens (including phenoxy) is 1. The summed E-state index contributed by atoms with van der Waals surface area (Å²) in [5, 5.41) is 5.80. The van der Waals surface area contributed by atoms with E-state index in [2.05, 4.69) is 5.32 Å². The molecule has 0 aliphatic carbocycles. The van der Waals surface area contributed by atoms with Crippen molar-refractivity contribution in [1.29, 1.82) is 0 Å². The molecule has 0 unspecified atom stereocenters. The number of primary amides is 1. The number of hydrogen-bond acceptors (Lipinski definition) is 4. The van der Waals surface area contributed by atoms with Crippen LogP contribution in [0, 0.1) is 0 Å². The summed E-state index contributed by atoms with van der Waals surface area (Å²) in [4.78, 5) is 12.3. The van der Waals surface area contributed by atoms with Crippen molar-refractivity contribution in [2.75, 3.05) is 12.4 Å². The van der Waals surface area contributed by atoms with Gasteiger partial charge in [0, 0.05) is 22.4 Å². The van der Waals surface area contributed by atoms with Gasteiger partial charge >= 0.3 is 0 Å². The summed E-state index contributed by atoms with van der Waals surface area (Å²) in [6.45, 7) is 0.607. The Morgan fingerprint density at radius 3 is 2.84 bits per heavy atom. The van der Waals surface area contributed by atoms with E-state index in [1.54, 1.807) is 36.6 Å². The van der Waals surface area contributed by atoms with Crippen molar-refractivity contribution in [3.05, 3.63) is 45.1 Å². The van der Waals surface area contributed by atoms with Gasteiger partial charge in [0.15, 0.2) is 0 Å². The Balaban J connectivity index is 2.17. The lowest BCUT2D eigenvalue weighted by atomic mass is 10.1. The first-order valence-electron chi connectivity index (χ1n) is 5.55. The molecule has 6 heteroatoms. The van der Waals surface area contributed by atoms with Crippen LogP contribution < -0.4 is 15.8 Å². The van der Waals surface area contributed by atoms with Gasteiger partial charge in [-0.2, -0.15) is 0 Å². The van der Waals surface area contributed by atoms with Crippen molar-refractivity contribution in [3.63, 3.8) is 0 Å². The van der Waals surface area contributed by atoms with Crippen molar-refractivity contribution in [2.24, 2.45) is 5.73 Å². The summed E-state index contributed by atoms with van der Waals surface area (Å²) in [7, 11) is 1.58. The molecular formula is C13H13ClN2O2S. The molecule has 0 fully saturated rings. The lowest BCUT2D eigenvalue weighted by Crippen LogP contribution is -2.11. The largest absolute Gasteiger partial charge is 0.495 e. The fraction of sp³-hybridized carbons (Fsp3) is 0.154. The number of halogens is 1. The fourth-order valence-corrected chi connectivity index (χ4v) is 2.64. The van der Waals surface area contributed by atoms with Crippen LogP contribution in [-0.4, -0.2) is 13.0 Å². The molecule has 0 saturated heterocycles. The van der Waals surface area contributed by atoms with E-state index >= 15 is 0 Å². The Morgan fingerprint density at radius 1 is 1.47 bits per heavy atom. The van der Waals surface area contributed by atoms with Gasteiger partial charge in [-0.1, -0.05) is 11.6 Å². The van der Waals surface area contributed by atoms with E-state index in [1.165, 1.54) is 0 Å². The minimum absolute atomic E-state index is 0.438. The van der Waals surface area contributed by atoms with Crippen LogP contribution in [0.5, 0.6) is 5.75 Å². The summed E-state index contributed by atoms with van der Waals surface area (Å²) in [6.07, 6.45) is 0. The van der Waals surface area contributed by atoms with Crippen LogP contribution in [0.3, 0.4) is 0 Å². The minimum Gasteiger partial charge on any atom is -0.495 e. The molecule has 0 bridgehead atoms. The van der Waals surface area contributed by atoms with Crippen molar-refractivity contribution in [3.8, 4) is 5.75 Å². The number of hydrogen-bond donors (Lipinski definition) is 2. The molecule has 1 aromatic heterocycles. The van der Waals surface area contributed by atoms with Gasteiger partial charge in [0.1, 0.15) is 5.75 Å². The maximum absolute atomic E-state index is 11.2. The number of nitrogens with two attached hydrogens (primary N) is 1. The van der Waals surface area contributed by atoms with Crippen molar-refractivity contribution in [2.45, 2.75) is 6.54 Å². The first-order valence-corrected chi connectivity index (χ1v) is 6.80. The number of methoxy groups -OCH3 is 1. The van der Waals surface area contributed by atoms with Crippen LogP contribution in [-0.2, 0) is 6.54 Å². The zero-order valence-electron chi connectivity index (χ0n) is 10.3. The smallest absolute Gasteiger partial charge is 0.248 e. The van der Waals surface area contributed by atoms with E-state index in [9.17, 15) is 4.79 Å². The molecule has 1 aromatic carbocycles. The number of nitrogens with one attached hydrogen (secondary N) is 1. The average molecular weight is 297 g/mol. The average Bonchev–Trinajstić information content (AvgIpc) is 2.81. The summed E-state index contributed by atoms with van der Waals surface area (Å²) >= 11 is 7.43. The van der Waals surface area contributed by atoms with E-state index in [4.69, 9.17) is 22.1 Å². The lowest BCUT2D eigenvalue weighted by molar-refractivity contribution is 0.100. The monoisotopic (exact) mass is 296 g/mol. The first-order chi connectivity index (χ1) is 9.10. The van der Waals surface area contributed by atoms with Crippen LogP contribution in [0.4, 0.5) is 5.69 Å². The Morgan fingerprint density at radius 2 is 2.26 bits per heavy atom. The second kappa shape index (κ2) is 5.95. The number of anilines is 1. The molecule has 2 aromatic rings. The van der Waals surface area contributed by atoms with Gasteiger partial charge in [-0.05, 0) is 24.3 Å². The van der Waals surface area contributed by atoms with E-state index in [-0.39, 0.29) is 0 Å². The highest BCUT2D eigenvalue weighted by atomic mass is 35.5. The van der Waals surface area contributed by atoms with Crippen LogP contribution in [0.2, 0.25) is 5.02 Å². The van der Waals surface area contributed by atoms with Gasteiger partial charge in [0.25, 0.3) is 0 Å². The SMILES string of the molecule is COc1ccc(C(N)=O)cc1NCc1cc(Cl)cs1. The van der Waals surface area contributed by atoms with E-state index in [0.29, 0.717) is 17.9 Å². The second-order valence-corrected chi connectivity index (χ2v) is 5.30. The fourth-order valence-electron chi connectivity index (χ4n) is 1.63. The lowest BCUT2D eigenvalue weighted by Gasteiger charge is -2.11. The zero-order chi connectivity index (χ0) is 13.8. The van der Waals surface area contributed by atoms with Crippen molar-refractivity contribution >= 4 is 34.5 Å². The van der Waals surface area contributed by atoms with Gasteiger partial charge in [0.2, 0.25) is 5.91 Å². The third-order valence-corrected chi connectivity index (χ3v) is 3.84. The third-order valence-electron chi connectivity index (χ3n) is 2.56. The van der Waals surface area contributed by atoms with Crippen LogP contribution in [0.25, 0.3) is 0 Å². The number of rotatable bonds is 5. The summed E-state index contributed by atoms with van der Waals surface area (Å²) in [6, 6.07) is 6.91. The summed E-state index contributed by atoms with van der Waals surface area (Å²) in [5.74, 6) is 0.192. The quantitative estimate of drug-likeness (QED) is 0.891. The maximum Gasteiger partial charge on any atom is 0.248 e. The molecule has 0 radical (unpaired) electrons. The van der Waals surface area contributed by atoms with Gasteiger partial charge in [0.05, 0.1) is 17.8 Å². The third kappa shape index (κ3) is 3.39. The predicted molar refractivity (Wildman–Crippen MR) is 78.2 cm³/mol. The summed E-state index contributed by atoms with van der Waals surface area (Å²) in [5.41, 5.74) is 6.42. The Bertz CT molecular complexity index is 598. The van der Waals surface area contributed by atoms with Gasteiger partial charge < -0.3 is 15.8 Å². The zero-order valence-corrected chi connectivity index (χ0v) is 11.8. The molecule has 0 atom stereocenters. The minimum atomic E-state index is -0.468. The second-order valence-electron chi connectivity index (χ2n) is 3.86. The first kappa shape index (κ1) is 13.7. The Labute approximate surface area is 120 Å². The number of carbonyl (C=O) groups excluding carboxylic acids is 1.